The zero-order valence-corrected chi connectivity index (χ0v) is 13.4. The van der Waals surface area contributed by atoms with Gasteiger partial charge in [0.1, 0.15) is 18.2 Å². The van der Waals surface area contributed by atoms with Gasteiger partial charge in [-0.1, -0.05) is 6.92 Å². The molecule has 0 aromatic carbocycles. The first-order chi connectivity index (χ1) is 10.5. The van der Waals surface area contributed by atoms with Crippen molar-refractivity contribution in [3.8, 4) is 6.07 Å². The molecule has 0 N–H and O–H groups in total. The van der Waals surface area contributed by atoms with Gasteiger partial charge in [0.2, 0.25) is 5.91 Å². The van der Waals surface area contributed by atoms with Gasteiger partial charge in [-0.2, -0.15) is 10.4 Å². The van der Waals surface area contributed by atoms with Crippen molar-refractivity contribution in [2.24, 2.45) is 0 Å². The fraction of sp³-hybridized carbons (Fsp3) is 0.625. The van der Waals surface area contributed by atoms with Crippen molar-refractivity contribution >= 4 is 5.91 Å². The van der Waals surface area contributed by atoms with Gasteiger partial charge in [0.25, 0.3) is 5.56 Å². The molecule has 2 rings (SSSR count). The third-order valence-electron chi connectivity index (χ3n) is 4.45. The molecule has 1 amide bonds. The topological polar surface area (TPSA) is 79.0 Å². The van der Waals surface area contributed by atoms with E-state index >= 15 is 0 Å². The number of hydrogen-bond donors (Lipinski definition) is 0. The second kappa shape index (κ2) is 6.73. The quantitative estimate of drug-likeness (QED) is 0.848. The fourth-order valence-corrected chi connectivity index (χ4v) is 2.98. The highest BCUT2D eigenvalue weighted by atomic mass is 16.2. The average molecular weight is 302 g/mol. The van der Waals surface area contributed by atoms with Crippen LogP contribution < -0.4 is 5.56 Å². The molecule has 0 aliphatic carbocycles. The predicted octanol–water partition coefficient (Wildman–Crippen LogP) is 1.52. The van der Waals surface area contributed by atoms with Gasteiger partial charge in [0, 0.05) is 12.6 Å². The first kappa shape index (κ1) is 16.2. The number of likely N-dealkylation sites (tertiary alicyclic amines) is 1. The van der Waals surface area contributed by atoms with Crippen molar-refractivity contribution in [3.05, 3.63) is 27.2 Å². The summed E-state index contributed by atoms with van der Waals surface area (Å²) >= 11 is 0. The molecule has 0 radical (unpaired) electrons. The number of nitrogens with zero attached hydrogens (tertiary/aromatic N) is 4. The number of carbonyl (C=O) groups excluding carboxylic acids is 1. The summed E-state index contributed by atoms with van der Waals surface area (Å²) in [6.45, 7) is 6.16. The maximum atomic E-state index is 12.5. The van der Waals surface area contributed by atoms with Crippen LogP contribution in [0.15, 0.2) is 4.79 Å². The van der Waals surface area contributed by atoms with Crippen molar-refractivity contribution < 1.29 is 4.79 Å². The van der Waals surface area contributed by atoms with Gasteiger partial charge in [0.15, 0.2) is 0 Å². The van der Waals surface area contributed by atoms with E-state index in [1.54, 1.807) is 13.8 Å². The molecule has 6 nitrogen and oxygen atoms in total. The zero-order chi connectivity index (χ0) is 16.3. The van der Waals surface area contributed by atoms with Gasteiger partial charge in [-0.25, -0.2) is 4.68 Å². The van der Waals surface area contributed by atoms with Crippen molar-refractivity contribution in [1.29, 1.82) is 5.26 Å². The minimum atomic E-state index is -0.482. The lowest BCUT2D eigenvalue weighted by Gasteiger charge is -2.35. The summed E-state index contributed by atoms with van der Waals surface area (Å²) in [7, 11) is 0. The van der Waals surface area contributed by atoms with Crippen LogP contribution in [0.5, 0.6) is 0 Å². The third-order valence-corrected chi connectivity index (χ3v) is 4.45. The van der Waals surface area contributed by atoms with Crippen LogP contribution in [-0.4, -0.2) is 33.2 Å². The number of carbonyl (C=O) groups is 1. The van der Waals surface area contributed by atoms with E-state index in [-0.39, 0.29) is 24.1 Å². The van der Waals surface area contributed by atoms with Crippen molar-refractivity contribution in [3.63, 3.8) is 0 Å². The summed E-state index contributed by atoms with van der Waals surface area (Å²) in [5.41, 5.74) is 0.783. The summed E-state index contributed by atoms with van der Waals surface area (Å²) in [4.78, 5) is 26.6. The summed E-state index contributed by atoms with van der Waals surface area (Å²) in [6.07, 6.45) is 4.08. The average Bonchev–Trinajstić information content (AvgIpc) is 2.53. The maximum absolute atomic E-state index is 12.5. The van der Waals surface area contributed by atoms with Crippen LogP contribution in [0.3, 0.4) is 0 Å². The van der Waals surface area contributed by atoms with E-state index in [4.69, 9.17) is 5.26 Å². The first-order valence-corrected chi connectivity index (χ1v) is 7.77. The minimum Gasteiger partial charge on any atom is -0.338 e. The Labute approximate surface area is 130 Å². The Morgan fingerprint density at radius 3 is 2.77 bits per heavy atom. The number of piperidine rings is 1. The second-order valence-electron chi connectivity index (χ2n) is 5.81. The molecule has 0 saturated carbocycles. The highest BCUT2D eigenvalue weighted by Gasteiger charge is 2.26. The Balaban J connectivity index is 2.27. The Morgan fingerprint density at radius 1 is 1.41 bits per heavy atom. The first-order valence-electron chi connectivity index (χ1n) is 7.77. The molecular formula is C16H22N4O2. The van der Waals surface area contributed by atoms with Crippen LogP contribution >= 0.6 is 0 Å². The number of hydrogen-bond acceptors (Lipinski definition) is 4. The van der Waals surface area contributed by atoms with Crippen LogP contribution in [0, 0.1) is 25.2 Å². The van der Waals surface area contributed by atoms with E-state index in [0.717, 1.165) is 36.9 Å². The van der Waals surface area contributed by atoms with Crippen LogP contribution in [0.1, 0.15) is 49.4 Å². The smallest absolute Gasteiger partial charge is 0.285 e. The number of aryl methyl sites for hydroxylation is 1. The van der Waals surface area contributed by atoms with Gasteiger partial charge in [-0.05, 0) is 45.1 Å². The third kappa shape index (κ3) is 3.03. The van der Waals surface area contributed by atoms with Crippen molar-refractivity contribution in [2.75, 3.05) is 6.54 Å². The summed E-state index contributed by atoms with van der Waals surface area (Å²) in [6, 6.07) is 2.17. The lowest BCUT2D eigenvalue weighted by Crippen LogP contribution is -2.46. The van der Waals surface area contributed by atoms with Crippen molar-refractivity contribution in [1.82, 2.24) is 14.7 Å². The molecule has 1 atom stereocenters. The molecule has 22 heavy (non-hydrogen) atoms. The molecule has 1 fully saturated rings. The standard InChI is InChI=1S/C16H22N4O2/c1-4-13-7-5-6-8-19(13)15(21)10-20-16(22)14(9-17)11(2)12(3)18-20/h13H,4-8,10H2,1-3H3/t13-/m0/s1. The molecular weight excluding hydrogens is 280 g/mol. The van der Waals surface area contributed by atoms with Crippen LogP contribution in [0.2, 0.25) is 0 Å². The molecule has 6 heteroatoms. The minimum absolute atomic E-state index is 0.0750. The number of nitriles is 1. The Bertz CT molecular complexity index is 672. The molecule has 1 aliphatic heterocycles. The highest BCUT2D eigenvalue weighted by Crippen LogP contribution is 2.19. The number of amides is 1. The van der Waals surface area contributed by atoms with E-state index in [9.17, 15) is 9.59 Å². The maximum Gasteiger partial charge on any atom is 0.285 e. The largest absolute Gasteiger partial charge is 0.338 e. The van der Waals surface area contributed by atoms with E-state index in [2.05, 4.69) is 12.0 Å². The number of aromatic nitrogens is 2. The molecule has 1 saturated heterocycles. The lowest BCUT2D eigenvalue weighted by atomic mass is 10.00. The summed E-state index contributed by atoms with van der Waals surface area (Å²) in [5, 5.41) is 13.3. The van der Waals surface area contributed by atoms with Crippen LogP contribution in [-0.2, 0) is 11.3 Å². The SMILES string of the molecule is CC[C@H]1CCCCN1C(=O)Cn1nc(C)c(C)c(C#N)c1=O. The number of rotatable bonds is 3. The highest BCUT2D eigenvalue weighted by molar-refractivity contribution is 5.76. The Kier molecular flexibility index (Phi) is 4.96. The van der Waals surface area contributed by atoms with E-state index in [1.165, 1.54) is 0 Å². The van der Waals surface area contributed by atoms with Gasteiger partial charge in [-0.3, -0.25) is 9.59 Å². The molecule has 2 heterocycles. The molecule has 0 unspecified atom stereocenters. The Morgan fingerprint density at radius 2 is 2.14 bits per heavy atom. The molecule has 1 aliphatic rings. The molecule has 0 spiro atoms. The van der Waals surface area contributed by atoms with Crippen molar-refractivity contribution in [2.45, 2.75) is 59.0 Å². The molecule has 1 aromatic heterocycles. The van der Waals surface area contributed by atoms with Gasteiger partial charge in [0.05, 0.1) is 5.69 Å². The summed E-state index contributed by atoms with van der Waals surface area (Å²) < 4.78 is 1.13. The van der Waals surface area contributed by atoms with E-state index < -0.39 is 5.56 Å². The zero-order valence-electron chi connectivity index (χ0n) is 13.4. The van der Waals surface area contributed by atoms with Crippen LogP contribution in [0.4, 0.5) is 0 Å². The van der Waals surface area contributed by atoms with Crippen LogP contribution in [0.25, 0.3) is 0 Å². The second-order valence-corrected chi connectivity index (χ2v) is 5.81. The fourth-order valence-electron chi connectivity index (χ4n) is 2.98. The normalized spacial score (nSPS) is 18.1. The van der Waals surface area contributed by atoms with Gasteiger partial charge >= 0.3 is 0 Å². The monoisotopic (exact) mass is 302 g/mol. The molecule has 118 valence electrons. The van der Waals surface area contributed by atoms with E-state index in [0.29, 0.717) is 11.3 Å². The molecule has 1 aromatic rings. The van der Waals surface area contributed by atoms with E-state index in [1.807, 2.05) is 11.0 Å². The lowest BCUT2D eigenvalue weighted by molar-refractivity contribution is -0.135. The molecule has 0 bridgehead atoms. The summed E-state index contributed by atoms with van der Waals surface area (Å²) in [5.74, 6) is -0.0895. The Hall–Kier alpha value is -2.16. The predicted molar refractivity (Wildman–Crippen MR) is 82.3 cm³/mol. The van der Waals surface area contributed by atoms with Gasteiger partial charge < -0.3 is 4.90 Å². The van der Waals surface area contributed by atoms with Gasteiger partial charge in [-0.15, -0.1) is 0 Å².